The molecule has 0 saturated carbocycles. The van der Waals surface area contributed by atoms with E-state index in [9.17, 15) is 9.59 Å². The summed E-state index contributed by atoms with van der Waals surface area (Å²) in [6.07, 6.45) is 0. The molecular formula is C14H29N3O2. The number of nitrogens with one attached hydrogen (secondary N) is 2. The molecule has 1 atom stereocenters. The molecule has 0 saturated heterocycles. The van der Waals surface area contributed by atoms with Crippen molar-refractivity contribution in [2.45, 2.75) is 66.1 Å². The van der Waals surface area contributed by atoms with Gasteiger partial charge in [-0.2, -0.15) is 0 Å². The largest absolute Gasteiger partial charge is 0.353 e. The molecule has 0 spiro atoms. The lowest BCUT2D eigenvalue weighted by atomic mass is 10.1. The summed E-state index contributed by atoms with van der Waals surface area (Å²) in [6.45, 7) is 14.3. The van der Waals surface area contributed by atoms with E-state index in [1.54, 1.807) is 0 Å². The lowest BCUT2D eigenvalue weighted by Crippen LogP contribution is -2.53. The maximum absolute atomic E-state index is 12.1. The Hall–Kier alpha value is -1.10. The average molecular weight is 271 g/mol. The highest BCUT2D eigenvalue weighted by molar-refractivity contribution is 5.83. The van der Waals surface area contributed by atoms with Gasteiger partial charge in [-0.15, -0.1) is 0 Å². The summed E-state index contributed by atoms with van der Waals surface area (Å²) in [4.78, 5) is 25.7. The second-order valence-corrected chi connectivity index (χ2v) is 6.20. The predicted octanol–water partition coefficient (Wildman–Crippen LogP) is 1.14. The molecule has 0 bridgehead atoms. The van der Waals surface area contributed by atoms with Crippen molar-refractivity contribution >= 4 is 11.8 Å². The van der Waals surface area contributed by atoms with Crippen molar-refractivity contribution in [2.75, 3.05) is 13.1 Å². The van der Waals surface area contributed by atoms with Crippen LogP contribution in [0.25, 0.3) is 0 Å². The van der Waals surface area contributed by atoms with Gasteiger partial charge in [0, 0.05) is 11.6 Å². The molecule has 19 heavy (non-hydrogen) atoms. The third-order valence-corrected chi connectivity index (χ3v) is 2.63. The molecule has 0 aliphatic heterocycles. The number of amides is 2. The zero-order valence-corrected chi connectivity index (χ0v) is 13.3. The molecule has 0 aliphatic rings. The summed E-state index contributed by atoms with van der Waals surface area (Å²) < 4.78 is 0. The summed E-state index contributed by atoms with van der Waals surface area (Å²) in [7, 11) is 0. The molecule has 0 aliphatic carbocycles. The summed E-state index contributed by atoms with van der Waals surface area (Å²) in [5.41, 5.74) is -0.259. The lowest BCUT2D eigenvalue weighted by Gasteiger charge is -2.30. The van der Waals surface area contributed by atoms with E-state index in [-0.39, 0.29) is 36.0 Å². The number of carbonyl (C=O) groups excluding carboxylic acids is 2. The number of likely N-dealkylation sites (N-methyl/N-ethyl adjacent to an activating group) is 1. The molecule has 0 aromatic rings. The van der Waals surface area contributed by atoms with Crippen LogP contribution in [-0.4, -0.2) is 47.4 Å². The Morgan fingerprint density at radius 1 is 1.16 bits per heavy atom. The van der Waals surface area contributed by atoms with Crippen molar-refractivity contribution in [3.8, 4) is 0 Å². The molecule has 0 heterocycles. The first-order valence-corrected chi connectivity index (χ1v) is 6.92. The van der Waals surface area contributed by atoms with Crippen molar-refractivity contribution in [1.29, 1.82) is 0 Å². The highest BCUT2D eigenvalue weighted by Gasteiger charge is 2.25. The van der Waals surface area contributed by atoms with Crippen LogP contribution in [-0.2, 0) is 9.59 Å². The van der Waals surface area contributed by atoms with E-state index >= 15 is 0 Å². The third kappa shape index (κ3) is 7.82. The van der Waals surface area contributed by atoms with Crippen LogP contribution >= 0.6 is 0 Å². The van der Waals surface area contributed by atoms with E-state index in [4.69, 9.17) is 0 Å². The maximum atomic E-state index is 12.1. The van der Waals surface area contributed by atoms with Gasteiger partial charge in [0.25, 0.3) is 0 Å². The van der Waals surface area contributed by atoms with E-state index < -0.39 is 0 Å². The van der Waals surface area contributed by atoms with Crippen molar-refractivity contribution in [2.24, 2.45) is 0 Å². The number of carbonyl (C=O) groups is 2. The summed E-state index contributed by atoms with van der Waals surface area (Å²) in [5, 5.41) is 5.77. The second-order valence-electron chi connectivity index (χ2n) is 6.20. The summed E-state index contributed by atoms with van der Waals surface area (Å²) in [6, 6.07) is -0.202. The zero-order chi connectivity index (χ0) is 15.2. The Kier molecular flexibility index (Phi) is 7.05. The van der Waals surface area contributed by atoms with Crippen LogP contribution in [0.15, 0.2) is 0 Å². The highest BCUT2D eigenvalue weighted by atomic mass is 16.2. The molecule has 0 fully saturated rings. The fraction of sp³-hybridized carbons (Fsp3) is 0.857. The van der Waals surface area contributed by atoms with E-state index in [1.807, 2.05) is 53.4 Å². The molecule has 1 unspecified atom stereocenters. The van der Waals surface area contributed by atoms with Gasteiger partial charge in [-0.05, 0) is 48.1 Å². The minimum absolute atomic E-state index is 0.0488. The average Bonchev–Trinajstić information content (AvgIpc) is 2.21. The van der Waals surface area contributed by atoms with Gasteiger partial charge >= 0.3 is 0 Å². The summed E-state index contributed by atoms with van der Waals surface area (Å²) in [5.74, 6) is -0.0982. The first-order chi connectivity index (χ1) is 8.56. The monoisotopic (exact) mass is 271 g/mol. The Labute approximate surface area is 117 Å². The minimum Gasteiger partial charge on any atom is -0.353 e. The van der Waals surface area contributed by atoms with Gasteiger partial charge in [-0.3, -0.25) is 14.5 Å². The SMILES string of the molecule is CCN(CC(=O)NC(C)C)C(C)C(=O)NC(C)(C)C. The van der Waals surface area contributed by atoms with Crippen molar-refractivity contribution in [3.63, 3.8) is 0 Å². The third-order valence-electron chi connectivity index (χ3n) is 2.63. The molecule has 2 N–H and O–H groups in total. The van der Waals surface area contributed by atoms with Gasteiger partial charge in [0.05, 0.1) is 12.6 Å². The molecular weight excluding hydrogens is 242 g/mol. The molecule has 2 amide bonds. The Balaban J connectivity index is 4.51. The van der Waals surface area contributed by atoms with Crippen LogP contribution < -0.4 is 10.6 Å². The molecule has 0 aromatic heterocycles. The topological polar surface area (TPSA) is 61.4 Å². The maximum Gasteiger partial charge on any atom is 0.237 e. The standard InChI is InChI=1S/C14H29N3O2/c1-8-17(9-12(18)15-10(2)3)11(4)13(19)16-14(5,6)7/h10-11H,8-9H2,1-7H3,(H,15,18)(H,16,19). The van der Waals surface area contributed by atoms with Crippen molar-refractivity contribution in [3.05, 3.63) is 0 Å². The van der Waals surface area contributed by atoms with E-state index in [2.05, 4.69) is 10.6 Å². The van der Waals surface area contributed by atoms with Crippen LogP contribution in [0.2, 0.25) is 0 Å². The van der Waals surface area contributed by atoms with E-state index in [0.29, 0.717) is 6.54 Å². The van der Waals surface area contributed by atoms with Crippen LogP contribution in [0, 0.1) is 0 Å². The molecule has 5 heteroatoms. The van der Waals surface area contributed by atoms with E-state index in [0.717, 1.165) is 0 Å². The highest BCUT2D eigenvalue weighted by Crippen LogP contribution is 2.04. The minimum atomic E-state index is -0.317. The second kappa shape index (κ2) is 7.48. The van der Waals surface area contributed by atoms with Crippen molar-refractivity contribution in [1.82, 2.24) is 15.5 Å². The quantitative estimate of drug-likeness (QED) is 0.761. The number of rotatable bonds is 6. The van der Waals surface area contributed by atoms with Crippen molar-refractivity contribution < 1.29 is 9.59 Å². The van der Waals surface area contributed by atoms with Gasteiger partial charge < -0.3 is 10.6 Å². The first-order valence-electron chi connectivity index (χ1n) is 6.92. The van der Waals surface area contributed by atoms with Crippen LogP contribution in [0.1, 0.15) is 48.5 Å². The van der Waals surface area contributed by atoms with Gasteiger partial charge in [0.2, 0.25) is 11.8 Å². The molecule has 112 valence electrons. The Morgan fingerprint density at radius 2 is 1.68 bits per heavy atom. The fourth-order valence-electron chi connectivity index (χ4n) is 1.71. The normalized spacial score (nSPS) is 13.5. The Bertz CT molecular complexity index is 308. The van der Waals surface area contributed by atoms with Crippen LogP contribution in [0.5, 0.6) is 0 Å². The van der Waals surface area contributed by atoms with Crippen LogP contribution in [0.4, 0.5) is 0 Å². The molecule has 0 rings (SSSR count). The first kappa shape index (κ1) is 17.9. The summed E-state index contributed by atoms with van der Waals surface area (Å²) >= 11 is 0. The Morgan fingerprint density at radius 3 is 2.05 bits per heavy atom. The van der Waals surface area contributed by atoms with Gasteiger partial charge in [-0.1, -0.05) is 6.92 Å². The number of hydrogen-bond donors (Lipinski definition) is 2. The lowest BCUT2D eigenvalue weighted by molar-refractivity contribution is -0.129. The van der Waals surface area contributed by atoms with E-state index in [1.165, 1.54) is 0 Å². The number of nitrogens with zero attached hydrogens (tertiary/aromatic N) is 1. The fourth-order valence-corrected chi connectivity index (χ4v) is 1.71. The smallest absolute Gasteiger partial charge is 0.237 e. The molecule has 0 radical (unpaired) electrons. The molecule has 0 aromatic carbocycles. The molecule has 5 nitrogen and oxygen atoms in total. The zero-order valence-electron chi connectivity index (χ0n) is 13.3. The number of hydrogen-bond acceptors (Lipinski definition) is 3. The predicted molar refractivity (Wildman–Crippen MR) is 77.9 cm³/mol. The van der Waals surface area contributed by atoms with Crippen LogP contribution in [0.3, 0.4) is 0 Å². The van der Waals surface area contributed by atoms with Gasteiger partial charge in [0.1, 0.15) is 0 Å². The van der Waals surface area contributed by atoms with Gasteiger partial charge in [-0.25, -0.2) is 0 Å². The van der Waals surface area contributed by atoms with Gasteiger partial charge in [0.15, 0.2) is 0 Å².